The second kappa shape index (κ2) is 5.11. The largest absolute Gasteiger partial charge is 0.478 e. The molecule has 0 aliphatic heterocycles. The minimum Gasteiger partial charge on any atom is -0.478 e. The van der Waals surface area contributed by atoms with E-state index < -0.39 is 11.9 Å². The Morgan fingerprint density at radius 1 is 1.19 bits per heavy atom. The topological polar surface area (TPSA) is 66.4 Å². The van der Waals surface area contributed by atoms with Gasteiger partial charge in [-0.3, -0.25) is 4.79 Å². The average molecular weight is 219 g/mol. The number of hydrogen-bond acceptors (Lipinski definition) is 2. The molecule has 4 heteroatoms. The highest BCUT2D eigenvalue weighted by Crippen LogP contribution is 2.13. The Balaban J connectivity index is 2.70. The molecule has 0 fully saturated rings. The zero-order chi connectivity index (χ0) is 12.1. The Morgan fingerprint density at radius 2 is 1.88 bits per heavy atom. The molecule has 1 aromatic carbocycles. The molecule has 0 aliphatic rings. The van der Waals surface area contributed by atoms with Gasteiger partial charge in [-0.2, -0.15) is 0 Å². The number of nitrogens with one attached hydrogen (secondary N) is 1. The second-order valence-corrected chi connectivity index (χ2v) is 3.46. The number of benzene rings is 1. The molecule has 0 heterocycles. The summed E-state index contributed by atoms with van der Waals surface area (Å²) in [5.41, 5.74) is 2.86. The molecule has 0 radical (unpaired) electrons. The summed E-state index contributed by atoms with van der Waals surface area (Å²) >= 11 is 0. The molecule has 84 valence electrons. The SMILES string of the molecule is Cc1ccc(NC(=O)C=CC(=O)O)cc1C. The number of rotatable bonds is 3. The van der Waals surface area contributed by atoms with E-state index in [2.05, 4.69) is 5.32 Å². The van der Waals surface area contributed by atoms with E-state index in [1.165, 1.54) is 0 Å². The molecule has 0 aromatic heterocycles. The molecule has 1 amide bonds. The highest BCUT2D eigenvalue weighted by atomic mass is 16.4. The van der Waals surface area contributed by atoms with Crippen LogP contribution in [-0.2, 0) is 9.59 Å². The van der Waals surface area contributed by atoms with Gasteiger partial charge in [0.25, 0.3) is 0 Å². The van der Waals surface area contributed by atoms with Gasteiger partial charge >= 0.3 is 5.97 Å². The Hall–Kier alpha value is -2.10. The highest BCUT2D eigenvalue weighted by Gasteiger charge is 2.00. The van der Waals surface area contributed by atoms with Crippen LogP contribution in [-0.4, -0.2) is 17.0 Å². The normalized spacial score (nSPS) is 10.4. The summed E-state index contributed by atoms with van der Waals surface area (Å²) in [6, 6.07) is 5.50. The van der Waals surface area contributed by atoms with E-state index in [0.717, 1.165) is 23.3 Å². The summed E-state index contributed by atoms with van der Waals surface area (Å²) in [5, 5.41) is 10.9. The van der Waals surface area contributed by atoms with E-state index in [1.54, 1.807) is 6.07 Å². The van der Waals surface area contributed by atoms with E-state index in [1.807, 2.05) is 26.0 Å². The summed E-state index contributed by atoms with van der Waals surface area (Å²) in [5.74, 6) is -1.60. The lowest BCUT2D eigenvalue weighted by Crippen LogP contribution is -2.08. The van der Waals surface area contributed by atoms with Crippen molar-refractivity contribution in [3.8, 4) is 0 Å². The first-order chi connectivity index (χ1) is 7.49. The molecule has 0 aliphatic carbocycles. The van der Waals surface area contributed by atoms with Crippen LogP contribution in [0.4, 0.5) is 5.69 Å². The van der Waals surface area contributed by atoms with Gasteiger partial charge in [0.1, 0.15) is 0 Å². The fourth-order valence-corrected chi connectivity index (χ4v) is 1.15. The molecule has 0 bridgehead atoms. The van der Waals surface area contributed by atoms with Crippen LogP contribution in [0.2, 0.25) is 0 Å². The van der Waals surface area contributed by atoms with Gasteiger partial charge in [0.15, 0.2) is 0 Å². The first-order valence-electron chi connectivity index (χ1n) is 4.78. The Kier molecular flexibility index (Phi) is 3.83. The van der Waals surface area contributed by atoms with Crippen LogP contribution in [0.1, 0.15) is 11.1 Å². The van der Waals surface area contributed by atoms with Crippen LogP contribution in [0, 0.1) is 13.8 Å². The maximum atomic E-state index is 11.3. The molecule has 1 aromatic rings. The molecule has 2 N–H and O–H groups in total. The third-order valence-electron chi connectivity index (χ3n) is 2.15. The molecule has 16 heavy (non-hydrogen) atoms. The van der Waals surface area contributed by atoms with Gasteiger partial charge in [-0.25, -0.2) is 4.79 Å². The van der Waals surface area contributed by atoms with Crippen molar-refractivity contribution in [2.45, 2.75) is 13.8 Å². The first kappa shape index (κ1) is 12.0. The van der Waals surface area contributed by atoms with E-state index in [4.69, 9.17) is 5.11 Å². The van der Waals surface area contributed by atoms with Crippen LogP contribution in [0.25, 0.3) is 0 Å². The van der Waals surface area contributed by atoms with Crippen molar-refractivity contribution >= 4 is 17.6 Å². The quantitative estimate of drug-likeness (QED) is 0.763. The zero-order valence-corrected chi connectivity index (χ0v) is 9.15. The number of carbonyl (C=O) groups is 2. The van der Waals surface area contributed by atoms with Gasteiger partial charge in [-0.15, -0.1) is 0 Å². The number of aryl methyl sites for hydroxylation is 2. The van der Waals surface area contributed by atoms with Gasteiger partial charge in [0.05, 0.1) is 0 Å². The van der Waals surface area contributed by atoms with Crippen LogP contribution in [0.3, 0.4) is 0 Å². The molecule has 0 spiro atoms. The maximum Gasteiger partial charge on any atom is 0.328 e. The lowest BCUT2D eigenvalue weighted by atomic mass is 10.1. The number of amides is 1. The summed E-state index contributed by atoms with van der Waals surface area (Å²) < 4.78 is 0. The smallest absolute Gasteiger partial charge is 0.328 e. The average Bonchev–Trinajstić information content (AvgIpc) is 2.21. The number of aliphatic carboxylic acids is 1. The molecule has 1 rings (SSSR count). The first-order valence-corrected chi connectivity index (χ1v) is 4.78. The number of carboxylic acid groups (broad SMARTS) is 1. The van der Waals surface area contributed by atoms with Crippen molar-refractivity contribution in [3.63, 3.8) is 0 Å². The van der Waals surface area contributed by atoms with Gasteiger partial charge < -0.3 is 10.4 Å². The molecule has 4 nitrogen and oxygen atoms in total. The van der Waals surface area contributed by atoms with Crippen molar-refractivity contribution in [2.75, 3.05) is 5.32 Å². The van der Waals surface area contributed by atoms with Crippen LogP contribution < -0.4 is 5.32 Å². The fourth-order valence-electron chi connectivity index (χ4n) is 1.15. The number of hydrogen-bond donors (Lipinski definition) is 2. The van der Waals surface area contributed by atoms with Crippen molar-refractivity contribution < 1.29 is 14.7 Å². The summed E-state index contributed by atoms with van der Waals surface area (Å²) in [4.78, 5) is 21.4. The summed E-state index contributed by atoms with van der Waals surface area (Å²) in [6.07, 6.45) is 1.79. The number of anilines is 1. The molecule has 0 atom stereocenters. The Labute approximate surface area is 93.6 Å². The molecule has 0 saturated carbocycles. The Morgan fingerprint density at radius 3 is 2.44 bits per heavy atom. The fraction of sp³-hybridized carbons (Fsp3) is 0.167. The van der Waals surface area contributed by atoms with Crippen LogP contribution >= 0.6 is 0 Å². The monoisotopic (exact) mass is 219 g/mol. The molecule has 0 saturated heterocycles. The Bertz CT molecular complexity index is 450. The highest BCUT2D eigenvalue weighted by molar-refractivity contribution is 6.02. The predicted octanol–water partition coefficient (Wildman–Crippen LogP) is 1.88. The minimum atomic E-state index is -1.14. The maximum absolute atomic E-state index is 11.3. The standard InChI is InChI=1S/C12H13NO3/c1-8-3-4-10(7-9(8)2)13-11(14)5-6-12(15)16/h3-7H,1-2H3,(H,13,14)(H,15,16). The van der Waals surface area contributed by atoms with Crippen molar-refractivity contribution in [1.29, 1.82) is 0 Å². The predicted molar refractivity (Wildman–Crippen MR) is 61.3 cm³/mol. The number of carboxylic acids is 1. The van der Waals surface area contributed by atoms with Crippen LogP contribution in [0.5, 0.6) is 0 Å². The van der Waals surface area contributed by atoms with E-state index in [-0.39, 0.29) is 0 Å². The summed E-state index contributed by atoms with van der Waals surface area (Å²) in [6.45, 7) is 3.92. The van der Waals surface area contributed by atoms with Gasteiger partial charge in [0.2, 0.25) is 5.91 Å². The van der Waals surface area contributed by atoms with E-state index >= 15 is 0 Å². The zero-order valence-electron chi connectivity index (χ0n) is 9.15. The van der Waals surface area contributed by atoms with E-state index in [0.29, 0.717) is 5.69 Å². The third kappa shape index (κ3) is 3.57. The summed E-state index contributed by atoms with van der Waals surface area (Å²) in [7, 11) is 0. The van der Waals surface area contributed by atoms with Crippen molar-refractivity contribution in [3.05, 3.63) is 41.5 Å². The van der Waals surface area contributed by atoms with E-state index in [9.17, 15) is 9.59 Å². The van der Waals surface area contributed by atoms with Crippen LogP contribution in [0.15, 0.2) is 30.4 Å². The lowest BCUT2D eigenvalue weighted by molar-refractivity contribution is -0.131. The molecular weight excluding hydrogens is 206 g/mol. The molecule has 0 unspecified atom stereocenters. The second-order valence-electron chi connectivity index (χ2n) is 3.46. The van der Waals surface area contributed by atoms with Gasteiger partial charge in [0, 0.05) is 17.8 Å². The van der Waals surface area contributed by atoms with Crippen molar-refractivity contribution in [2.24, 2.45) is 0 Å². The molecular formula is C12H13NO3. The number of carbonyl (C=O) groups excluding carboxylic acids is 1. The van der Waals surface area contributed by atoms with Gasteiger partial charge in [-0.05, 0) is 37.1 Å². The lowest BCUT2D eigenvalue weighted by Gasteiger charge is -2.05. The third-order valence-corrected chi connectivity index (χ3v) is 2.15. The van der Waals surface area contributed by atoms with Crippen molar-refractivity contribution in [1.82, 2.24) is 0 Å². The van der Waals surface area contributed by atoms with Gasteiger partial charge in [-0.1, -0.05) is 6.07 Å². The minimum absolute atomic E-state index is 0.453.